The molecule has 0 amide bonds. The highest BCUT2D eigenvalue weighted by Crippen LogP contribution is 2.24. The maximum Gasteiger partial charge on any atom is 0.124 e. The van der Waals surface area contributed by atoms with Crippen molar-refractivity contribution in [2.45, 2.75) is 46.8 Å². The van der Waals surface area contributed by atoms with Crippen LogP contribution in [-0.4, -0.2) is 20.3 Å². The van der Waals surface area contributed by atoms with Crippen molar-refractivity contribution >= 4 is 0 Å². The van der Waals surface area contributed by atoms with Crippen LogP contribution in [0.3, 0.4) is 0 Å². The number of benzene rings is 1. The van der Waals surface area contributed by atoms with E-state index in [0.717, 1.165) is 30.9 Å². The van der Waals surface area contributed by atoms with Crippen molar-refractivity contribution in [3.05, 3.63) is 29.3 Å². The van der Waals surface area contributed by atoms with Gasteiger partial charge in [0.2, 0.25) is 0 Å². The maximum absolute atomic E-state index is 5.77. The molecule has 0 radical (unpaired) electrons. The van der Waals surface area contributed by atoms with Gasteiger partial charge in [0.15, 0.2) is 0 Å². The zero-order valence-electron chi connectivity index (χ0n) is 13.5. The Morgan fingerprint density at radius 3 is 2.55 bits per heavy atom. The standard InChI is InChI=1S/C17H29NO2/c1-6-18-14(4)15-7-8-17(19-5)16(11-15)12-20-10-9-13(2)3/h7-8,11,13-14,18H,6,9-10,12H2,1-5H3. The third-order valence-electron chi connectivity index (χ3n) is 3.41. The molecule has 0 saturated heterocycles. The third kappa shape index (κ3) is 5.51. The van der Waals surface area contributed by atoms with E-state index in [1.54, 1.807) is 7.11 Å². The predicted molar refractivity (Wildman–Crippen MR) is 84.2 cm³/mol. The van der Waals surface area contributed by atoms with E-state index in [0.29, 0.717) is 18.6 Å². The first-order valence-corrected chi connectivity index (χ1v) is 7.56. The highest BCUT2D eigenvalue weighted by atomic mass is 16.5. The summed E-state index contributed by atoms with van der Waals surface area (Å²) in [6.45, 7) is 11.1. The highest BCUT2D eigenvalue weighted by Gasteiger charge is 2.09. The molecule has 0 aliphatic carbocycles. The van der Waals surface area contributed by atoms with Crippen molar-refractivity contribution in [2.24, 2.45) is 5.92 Å². The zero-order chi connectivity index (χ0) is 15.0. The van der Waals surface area contributed by atoms with Crippen molar-refractivity contribution in [1.82, 2.24) is 5.32 Å². The molecule has 0 spiro atoms. The second kappa shape index (κ2) is 8.98. The van der Waals surface area contributed by atoms with Gasteiger partial charge >= 0.3 is 0 Å². The summed E-state index contributed by atoms with van der Waals surface area (Å²) in [5.74, 6) is 1.58. The van der Waals surface area contributed by atoms with Crippen molar-refractivity contribution in [3.8, 4) is 5.75 Å². The first-order chi connectivity index (χ1) is 9.58. The fourth-order valence-electron chi connectivity index (χ4n) is 2.11. The van der Waals surface area contributed by atoms with E-state index in [-0.39, 0.29) is 0 Å². The van der Waals surface area contributed by atoms with Gasteiger partial charge in [-0.15, -0.1) is 0 Å². The molecular formula is C17H29NO2. The summed E-state index contributed by atoms with van der Waals surface area (Å²) >= 11 is 0. The van der Waals surface area contributed by atoms with Crippen LogP contribution in [0.15, 0.2) is 18.2 Å². The molecule has 0 aromatic heterocycles. The number of hydrogen-bond donors (Lipinski definition) is 1. The molecule has 1 N–H and O–H groups in total. The Bertz CT molecular complexity index is 391. The lowest BCUT2D eigenvalue weighted by molar-refractivity contribution is 0.109. The van der Waals surface area contributed by atoms with Crippen LogP contribution >= 0.6 is 0 Å². The van der Waals surface area contributed by atoms with E-state index in [4.69, 9.17) is 9.47 Å². The summed E-state index contributed by atoms with van der Waals surface area (Å²) in [5.41, 5.74) is 2.40. The molecule has 0 aliphatic rings. The number of rotatable bonds is 9. The Kier molecular flexibility index (Phi) is 7.63. The summed E-state index contributed by atoms with van der Waals surface area (Å²) in [4.78, 5) is 0. The molecule has 0 fully saturated rings. The fraction of sp³-hybridized carbons (Fsp3) is 0.647. The second-order valence-electron chi connectivity index (χ2n) is 5.59. The van der Waals surface area contributed by atoms with Gasteiger partial charge in [-0.25, -0.2) is 0 Å². The first-order valence-electron chi connectivity index (χ1n) is 7.56. The van der Waals surface area contributed by atoms with E-state index in [2.05, 4.69) is 45.1 Å². The highest BCUT2D eigenvalue weighted by molar-refractivity contribution is 5.38. The minimum absolute atomic E-state index is 0.348. The Hall–Kier alpha value is -1.06. The minimum Gasteiger partial charge on any atom is -0.496 e. The summed E-state index contributed by atoms with van der Waals surface area (Å²) in [6, 6.07) is 6.68. The van der Waals surface area contributed by atoms with E-state index < -0.39 is 0 Å². The molecule has 20 heavy (non-hydrogen) atoms. The molecule has 0 aliphatic heterocycles. The van der Waals surface area contributed by atoms with E-state index in [1.165, 1.54) is 5.56 Å². The van der Waals surface area contributed by atoms with Crippen molar-refractivity contribution in [3.63, 3.8) is 0 Å². The lowest BCUT2D eigenvalue weighted by Gasteiger charge is -2.16. The SMILES string of the molecule is CCNC(C)c1ccc(OC)c(COCCC(C)C)c1. The van der Waals surface area contributed by atoms with Crippen molar-refractivity contribution < 1.29 is 9.47 Å². The van der Waals surface area contributed by atoms with Gasteiger partial charge < -0.3 is 14.8 Å². The van der Waals surface area contributed by atoms with Gasteiger partial charge in [0.25, 0.3) is 0 Å². The average Bonchev–Trinajstić information content (AvgIpc) is 2.43. The van der Waals surface area contributed by atoms with Crippen LogP contribution in [0.2, 0.25) is 0 Å². The van der Waals surface area contributed by atoms with Gasteiger partial charge in [0.1, 0.15) is 5.75 Å². The normalized spacial score (nSPS) is 12.7. The molecule has 1 rings (SSSR count). The van der Waals surface area contributed by atoms with Crippen LogP contribution in [0.1, 0.15) is 51.3 Å². The van der Waals surface area contributed by atoms with Gasteiger partial charge in [0, 0.05) is 18.2 Å². The van der Waals surface area contributed by atoms with E-state index in [1.807, 2.05) is 6.07 Å². The zero-order valence-corrected chi connectivity index (χ0v) is 13.5. The quantitative estimate of drug-likeness (QED) is 0.695. The molecule has 114 valence electrons. The molecule has 3 nitrogen and oxygen atoms in total. The van der Waals surface area contributed by atoms with Crippen LogP contribution in [0, 0.1) is 5.92 Å². The fourth-order valence-corrected chi connectivity index (χ4v) is 2.11. The Morgan fingerprint density at radius 2 is 1.95 bits per heavy atom. The van der Waals surface area contributed by atoms with E-state index in [9.17, 15) is 0 Å². The van der Waals surface area contributed by atoms with Crippen LogP contribution in [-0.2, 0) is 11.3 Å². The molecule has 0 bridgehead atoms. The minimum atomic E-state index is 0.348. The van der Waals surface area contributed by atoms with Crippen LogP contribution < -0.4 is 10.1 Å². The Balaban J connectivity index is 2.68. The van der Waals surface area contributed by atoms with Gasteiger partial charge in [-0.2, -0.15) is 0 Å². The summed E-state index contributed by atoms with van der Waals surface area (Å²) < 4.78 is 11.2. The Morgan fingerprint density at radius 1 is 1.20 bits per heavy atom. The average molecular weight is 279 g/mol. The van der Waals surface area contributed by atoms with Crippen molar-refractivity contribution in [2.75, 3.05) is 20.3 Å². The van der Waals surface area contributed by atoms with Gasteiger partial charge in [-0.1, -0.05) is 26.8 Å². The maximum atomic E-state index is 5.77. The van der Waals surface area contributed by atoms with E-state index >= 15 is 0 Å². The molecule has 0 saturated carbocycles. The lowest BCUT2D eigenvalue weighted by atomic mass is 10.0. The largest absolute Gasteiger partial charge is 0.496 e. The molecular weight excluding hydrogens is 250 g/mol. The monoisotopic (exact) mass is 279 g/mol. The first kappa shape index (κ1) is 17.0. The lowest BCUT2D eigenvalue weighted by Crippen LogP contribution is -2.17. The van der Waals surface area contributed by atoms with Crippen LogP contribution in [0.5, 0.6) is 5.75 Å². The summed E-state index contributed by atoms with van der Waals surface area (Å²) in [5, 5.41) is 3.43. The second-order valence-corrected chi connectivity index (χ2v) is 5.59. The van der Waals surface area contributed by atoms with Gasteiger partial charge in [0.05, 0.1) is 13.7 Å². The third-order valence-corrected chi connectivity index (χ3v) is 3.41. The van der Waals surface area contributed by atoms with Crippen LogP contribution in [0.4, 0.5) is 0 Å². The summed E-state index contributed by atoms with van der Waals surface area (Å²) in [6.07, 6.45) is 1.09. The molecule has 3 heteroatoms. The molecule has 1 atom stereocenters. The Labute approximate surface area is 123 Å². The molecule has 1 aromatic rings. The van der Waals surface area contributed by atoms with Crippen molar-refractivity contribution in [1.29, 1.82) is 0 Å². The predicted octanol–water partition coefficient (Wildman–Crippen LogP) is 3.93. The summed E-state index contributed by atoms with van der Waals surface area (Å²) in [7, 11) is 1.71. The number of nitrogens with one attached hydrogen (secondary N) is 1. The topological polar surface area (TPSA) is 30.5 Å². The number of methoxy groups -OCH3 is 1. The number of ether oxygens (including phenoxy) is 2. The van der Waals surface area contributed by atoms with Gasteiger partial charge in [-0.05, 0) is 43.5 Å². The number of hydrogen-bond acceptors (Lipinski definition) is 3. The molecule has 1 aromatic carbocycles. The molecule has 1 unspecified atom stereocenters. The molecule has 0 heterocycles. The van der Waals surface area contributed by atoms with Crippen LogP contribution in [0.25, 0.3) is 0 Å². The van der Waals surface area contributed by atoms with Gasteiger partial charge in [-0.3, -0.25) is 0 Å². The smallest absolute Gasteiger partial charge is 0.124 e.